The number of piperidine rings is 1. The average Bonchev–Trinajstić information content (AvgIpc) is 3.00. The number of aryl methyl sites for hydroxylation is 1. The molecule has 0 radical (unpaired) electrons. The van der Waals surface area contributed by atoms with E-state index < -0.39 is 0 Å². The zero-order valence-electron chi connectivity index (χ0n) is 18.3. The molecular weight excluding hydrogens is 487 g/mol. The number of benzene rings is 1. The Morgan fingerprint density at radius 1 is 1.13 bits per heavy atom. The quantitative estimate of drug-likeness (QED) is 0.372. The maximum atomic E-state index is 4.58. The molecule has 0 aliphatic carbocycles. The molecule has 30 heavy (non-hydrogen) atoms. The number of fused-ring (bicyclic) bond motifs is 1. The van der Waals surface area contributed by atoms with Gasteiger partial charge in [-0.15, -0.1) is 34.2 Å². The fraction of sp³-hybridized carbons (Fsp3) is 0.609. The number of likely N-dealkylation sites (tertiary alicyclic amines) is 1. The second-order valence-electron chi connectivity index (χ2n) is 8.32. The van der Waals surface area contributed by atoms with Crippen molar-refractivity contribution in [2.45, 2.75) is 64.5 Å². The van der Waals surface area contributed by atoms with Crippen LogP contribution in [0.1, 0.15) is 62.2 Å². The van der Waals surface area contributed by atoms with Crippen molar-refractivity contribution in [1.29, 1.82) is 0 Å². The van der Waals surface area contributed by atoms with Gasteiger partial charge in [-0.25, -0.2) is 0 Å². The van der Waals surface area contributed by atoms with Gasteiger partial charge in [0.05, 0.1) is 6.54 Å². The van der Waals surface area contributed by atoms with Gasteiger partial charge in [-0.05, 0) is 36.7 Å². The zero-order valence-corrected chi connectivity index (χ0v) is 20.6. The van der Waals surface area contributed by atoms with E-state index in [1.807, 2.05) is 7.05 Å². The van der Waals surface area contributed by atoms with Crippen LogP contribution in [0.5, 0.6) is 0 Å². The standard InChI is InChI=1S/C23H34N6.HI/c1-3-18-17-28(15-13-20(18)19-10-6-4-7-11-19)23(24-2)25-16-22-27-26-21-12-8-5-9-14-29(21)22;/h4,6-7,10-11,18,20H,3,5,8-9,12-17H2,1-2H3,(H,24,25);1H. The zero-order chi connectivity index (χ0) is 20.1. The predicted octanol–water partition coefficient (Wildman–Crippen LogP) is 4.21. The van der Waals surface area contributed by atoms with Gasteiger partial charge in [-0.3, -0.25) is 4.99 Å². The van der Waals surface area contributed by atoms with Crippen molar-refractivity contribution in [3.63, 3.8) is 0 Å². The molecule has 1 aromatic heterocycles. The van der Waals surface area contributed by atoms with Crippen LogP contribution in [0.25, 0.3) is 0 Å². The van der Waals surface area contributed by atoms with Crippen molar-refractivity contribution in [2.75, 3.05) is 20.1 Å². The summed E-state index contributed by atoms with van der Waals surface area (Å²) in [6.07, 6.45) is 7.13. The van der Waals surface area contributed by atoms with Crippen molar-refractivity contribution in [2.24, 2.45) is 10.9 Å². The topological polar surface area (TPSA) is 58.3 Å². The molecule has 2 aliphatic rings. The molecular formula is C23H35IN6. The second-order valence-corrected chi connectivity index (χ2v) is 8.32. The Morgan fingerprint density at radius 3 is 2.73 bits per heavy atom. The first-order chi connectivity index (χ1) is 14.3. The molecule has 3 heterocycles. The third-order valence-electron chi connectivity index (χ3n) is 6.59. The van der Waals surface area contributed by atoms with Crippen molar-refractivity contribution in [3.05, 3.63) is 47.5 Å². The van der Waals surface area contributed by atoms with E-state index in [9.17, 15) is 0 Å². The summed E-state index contributed by atoms with van der Waals surface area (Å²) in [7, 11) is 1.89. The Labute approximate surface area is 197 Å². The molecule has 1 fully saturated rings. The Balaban J connectivity index is 0.00000256. The van der Waals surface area contributed by atoms with Gasteiger partial charge >= 0.3 is 0 Å². The lowest BCUT2D eigenvalue weighted by molar-refractivity contribution is 0.215. The Kier molecular flexibility index (Phi) is 8.53. The molecule has 0 saturated carbocycles. The number of aliphatic imine (C=N–C) groups is 1. The van der Waals surface area contributed by atoms with Crippen molar-refractivity contribution in [3.8, 4) is 0 Å². The molecule has 7 heteroatoms. The molecule has 0 spiro atoms. The van der Waals surface area contributed by atoms with Crippen LogP contribution in [0.2, 0.25) is 0 Å². The van der Waals surface area contributed by atoms with Gasteiger partial charge in [0, 0.05) is 33.1 Å². The van der Waals surface area contributed by atoms with Gasteiger partial charge in [0.15, 0.2) is 11.8 Å². The number of halogens is 1. The van der Waals surface area contributed by atoms with E-state index in [1.54, 1.807) is 0 Å². The second kappa shape index (κ2) is 11.1. The number of guanidine groups is 1. The lowest BCUT2D eigenvalue weighted by Gasteiger charge is -2.40. The monoisotopic (exact) mass is 522 g/mol. The third kappa shape index (κ3) is 5.15. The van der Waals surface area contributed by atoms with Crippen LogP contribution in [0.4, 0.5) is 0 Å². The summed E-state index contributed by atoms with van der Waals surface area (Å²) in [5, 5.41) is 12.4. The summed E-state index contributed by atoms with van der Waals surface area (Å²) in [4.78, 5) is 7.01. The number of hydrogen-bond acceptors (Lipinski definition) is 3. The van der Waals surface area contributed by atoms with E-state index in [4.69, 9.17) is 0 Å². The van der Waals surface area contributed by atoms with Crippen molar-refractivity contribution in [1.82, 2.24) is 25.0 Å². The first kappa shape index (κ1) is 23.0. The molecule has 0 amide bonds. The summed E-state index contributed by atoms with van der Waals surface area (Å²) < 4.78 is 2.31. The Hall–Kier alpha value is -1.64. The molecule has 0 bridgehead atoms. The van der Waals surface area contributed by atoms with E-state index in [2.05, 4.69) is 67.2 Å². The molecule has 1 aromatic carbocycles. The highest BCUT2D eigenvalue weighted by molar-refractivity contribution is 14.0. The van der Waals surface area contributed by atoms with Crippen LogP contribution >= 0.6 is 24.0 Å². The summed E-state index contributed by atoms with van der Waals surface area (Å²) in [6.45, 7) is 6.13. The van der Waals surface area contributed by atoms with Gasteiger partial charge in [0.25, 0.3) is 0 Å². The van der Waals surface area contributed by atoms with Gasteiger partial charge in [0.2, 0.25) is 0 Å². The molecule has 2 aliphatic heterocycles. The van der Waals surface area contributed by atoms with Crippen LogP contribution in [0.3, 0.4) is 0 Å². The summed E-state index contributed by atoms with van der Waals surface area (Å²) in [6, 6.07) is 11.0. The van der Waals surface area contributed by atoms with Crippen LogP contribution in [0.15, 0.2) is 35.3 Å². The van der Waals surface area contributed by atoms with E-state index in [1.165, 1.54) is 37.7 Å². The number of hydrogen-bond donors (Lipinski definition) is 1. The summed E-state index contributed by atoms with van der Waals surface area (Å²) in [5.74, 6) is 4.45. The van der Waals surface area contributed by atoms with Gasteiger partial charge in [0.1, 0.15) is 5.82 Å². The lowest BCUT2D eigenvalue weighted by atomic mass is 9.79. The molecule has 164 valence electrons. The minimum atomic E-state index is 0. The predicted molar refractivity (Wildman–Crippen MR) is 132 cm³/mol. The SMILES string of the molecule is CCC1CN(C(=NC)NCc2nnc3n2CCCCC3)CCC1c1ccccc1.I. The van der Waals surface area contributed by atoms with Gasteiger partial charge in [-0.2, -0.15) is 0 Å². The highest BCUT2D eigenvalue weighted by atomic mass is 127. The van der Waals surface area contributed by atoms with Crippen LogP contribution in [-0.2, 0) is 19.5 Å². The molecule has 2 aromatic rings. The molecule has 1 saturated heterocycles. The smallest absolute Gasteiger partial charge is 0.194 e. The van der Waals surface area contributed by atoms with E-state index in [0.29, 0.717) is 18.4 Å². The minimum Gasteiger partial charge on any atom is -0.349 e. The summed E-state index contributed by atoms with van der Waals surface area (Å²) in [5.41, 5.74) is 1.48. The third-order valence-corrected chi connectivity index (χ3v) is 6.59. The van der Waals surface area contributed by atoms with Gasteiger partial charge in [-0.1, -0.05) is 50.1 Å². The first-order valence-corrected chi connectivity index (χ1v) is 11.2. The van der Waals surface area contributed by atoms with Crippen LogP contribution in [-0.4, -0.2) is 45.8 Å². The first-order valence-electron chi connectivity index (χ1n) is 11.2. The Bertz CT molecular complexity index is 818. The number of rotatable bonds is 4. The fourth-order valence-corrected chi connectivity index (χ4v) is 4.94. The molecule has 4 rings (SSSR count). The molecule has 1 N–H and O–H groups in total. The van der Waals surface area contributed by atoms with Gasteiger partial charge < -0.3 is 14.8 Å². The van der Waals surface area contributed by atoms with Crippen molar-refractivity contribution >= 4 is 29.9 Å². The number of nitrogens with one attached hydrogen (secondary N) is 1. The Morgan fingerprint density at radius 2 is 1.97 bits per heavy atom. The maximum absolute atomic E-state index is 4.58. The molecule has 6 nitrogen and oxygen atoms in total. The highest BCUT2D eigenvalue weighted by Gasteiger charge is 2.30. The normalized spacial score (nSPS) is 22.1. The number of nitrogens with zero attached hydrogens (tertiary/aromatic N) is 5. The summed E-state index contributed by atoms with van der Waals surface area (Å²) >= 11 is 0. The number of aromatic nitrogens is 3. The largest absolute Gasteiger partial charge is 0.349 e. The molecule has 2 unspecified atom stereocenters. The minimum absolute atomic E-state index is 0. The van der Waals surface area contributed by atoms with Crippen LogP contribution in [0, 0.1) is 5.92 Å². The average molecular weight is 522 g/mol. The highest BCUT2D eigenvalue weighted by Crippen LogP contribution is 2.34. The van der Waals surface area contributed by atoms with Crippen molar-refractivity contribution < 1.29 is 0 Å². The van der Waals surface area contributed by atoms with Crippen LogP contribution < -0.4 is 5.32 Å². The van der Waals surface area contributed by atoms with E-state index >= 15 is 0 Å². The maximum Gasteiger partial charge on any atom is 0.194 e. The van der Waals surface area contributed by atoms with E-state index in [0.717, 1.165) is 43.7 Å². The lowest BCUT2D eigenvalue weighted by Crippen LogP contribution is -2.48. The van der Waals surface area contributed by atoms with E-state index in [-0.39, 0.29) is 24.0 Å². The fourth-order valence-electron chi connectivity index (χ4n) is 4.94. The molecule has 2 atom stereocenters.